The number of hydrogen-bond donors (Lipinski definition) is 1. The number of nitrogens with zero attached hydrogens (tertiary/aromatic N) is 1. The maximum atomic E-state index is 10.1. The molecule has 0 atom stereocenters. The number of carboxylic acids is 1. The molecular formula is C7H9NO2. The van der Waals surface area contributed by atoms with Crippen molar-refractivity contribution >= 4 is 5.97 Å². The maximum absolute atomic E-state index is 10.1. The van der Waals surface area contributed by atoms with Crippen molar-refractivity contribution in [3.05, 3.63) is 23.1 Å². The van der Waals surface area contributed by atoms with E-state index in [2.05, 4.69) is 4.85 Å². The molecule has 0 aromatic rings. The van der Waals surface area contributed by atoms with Crippen LogP contribution in [0.2, 0.25) is 0 Å². The van der Waals surface area contributed by atoms with Gasteiger partial charge in [-0.1, -0.05) is 6.08 Å². The van der Waals surface area contributed by atoms with E-state index < -0.39 is 5.97 Å². The molecule has 3 nitrogen and oxygen atoms in total. The van der Waals surface area contributed by atoms with Gasteiger partial charge in [0.2, 0.25) is 6.54 Å². The van der Waals surface area contributed by atoms with Gasteiger partial charge < -0.3 is 9.95 Å². The molecule has 0 amide bonds. The third-order valence-corrected chi connectivity index (χ3v) is 1.03. The van der Waals surface area contributed by atoms with E-state index in [0.717, 1.165) is 0 Å². The summed E-state index contributed by atoms with van der Waals surface area (Å²) in [4.78, 5) is 13.2. The first-order valence-corrected chi connectivity index (χ1v) is 2.91. The Morgan fingerprint density at radius 2 is 2.40 bits per heavy atom. The average Bonchev–Trinajstić information content (AvgIpc) is 1.88. The van der Waals surface area contributed by atoms with E-state index in [0.29, 0.717) is 18.5 Å². The molecule has 0 rings (SSSR count). The minimum absolute atomic E-state index is 0.309. The summed E-state index contributed by atoms with van der Waals surface area (Å²) >= 11 is 0. The van der Waals surface area contributed by atoms with Crippen molar-refractivity contribution in [2.45, 2.75) is 13.3 Å². The molecule has 0 unspecified atom stereocenters. The molecule has 0 aliphatic rings. The average molecular weight is 139 g/mol. The summed E-state index contributed by atoms with van der Waals surface area (Å²) in [6.07, 6.45) is 2.09. The lowest BCUT2D eigenvalue weighted by Gasteiger charge is -1.88. The number of hydrogen-bond acceptors (Lipinski definition) is 1. The van der Waals surface area contributed by atoms with Crippen LogP contribution in [0.25, 0.3) is 4.85 Å². The molecule has 3 heteroatoms. The first-order chi connectivity index (χ1) is 4.68. The molecule has 0 saturated heterocycles. The van der Waals surface area contributed by atoms with Crippen molar-refractivity contribution in [3.8, 4) is 0 Å². The summed E-state index contributed by atoms with van der Waals surface area (Å²) in [5, 5.41) is 8.34. The third-order valence-electron chi connectivity index (χ3n) is 1.03. The van der Waals surface area contributed by atoms with Crippen LogP contribution in [0.3, 0.4) is 0 Å². The van der Waals surface area contributed by atoms with Crippen molar-refractivity contribution in [3.63, 3.8) is 0 Å². The highest BCUT2D eigenvalue weighted by atomic mass is 16.4. The quantitative estimate of drug-likeness (QED) is 0.364. The number of rotatable bonds is 3. The second-order valence-electron chi connectivity index (χ2n) is 1.86. The Kier molecular flexibility index (Phi) is 3.97. The minimum atomic E-state index is -0.912. The van der Waals surface area contributed by atoms with Crippen LogP contribution in [0, 0.1) is 6.57 Å². The molecule has 1 N–H and O–H groups in total. The summed E-state index contributed by atoms with van der Waals surface area (Å²) in [7, 11) is 0. The molecule has 0 aliphatic carbocycles. The monoisotopic (exact) mass is 139 g/mol. The van der Waals surface area contributed by atoms with Gasteiger partial charge in [0.05, 0.1) is 0 Å². The Bertz CT molecular complexity index is 188. The molecule has 0 heterocycles. The minimum Gasteiger partial charge on any atom is -0.478 e. The molecule has 0 saturated carbocycles. The lowest BCUT2D eigenvalue weighted by atomic mass is 10.2. The Morgan fingerprint density at radius 3 is 2.80 bits per heavy atom. The van der Waals surface area contributed by atoms with Gasteiger partial charge in [0, 0.05) is 12.0 Å². The van der Waals surface area contributed by atoms with Gasteiger partial charge in [-0.25, -0.2) is 11.4 Å². The zero-order valence-corrected chi connectivity index (χ0v) is 5.79. The smallest absolute Gasteiger partial charge is 0.330 e. The molecule has 0 fully saturated rings. The van der Waals surface area contributed by atoms with Crippen LogP contribution in [-0.4, -0.2) is 17.6 Å². The van der Waals surface area contributed by atoms with Gasteiger partial charge in [-0.05, 0) is 6.92 Å². The molecule has 0 radical (unpaired) electrons. The molecule has 0 bridgehead atoms. The zero-order chi connectivity index (χ0) is 7.98. The van der Waals surface area contributed by atoms with Crippen LogP contribution >= 0.6 is 0 Å². The van der Waals surface area contributed by atoms with Gasteiger partial charge >= 0.3 is 5.97 Å². The summed E-state index contributed by atoms with van der Waals surface area (Å²) in [6, 6.07) is 0. The van der Waals surface area contributed by atoms with Crippen molar-refractivity contribution in [2.75, 3.05) is 6.54 Å². The van der Waals surface area contributed by atoms with E-state index in [1.54, 1.807) is 6.08 Å². The number of carbonyl (C=O) groups is 1. The highest BCUT2D eigenvalue weighted by molar-refractivity contribution is 5.85. The first-order valence-electron chi connectivity index (χ1n) is 2.91. The van der Waals surface area contributed by atoms with Gasteiger partial charge in [0.25, 0.3) is 0 Å². The molecule has 54 valence electrons. The van der Waals surface area contributed by atoms with Gasteiger partial charge in [0.15, 0.2) is 0 Å². The van der Waals surface area contributed by atoms with Crippen molar-refractivity contribution in [2.24, 2.45) is 0 Å². The molecule has 0 aromatic heterocycles. The first kappa shape index (κ1) is 8.70. The third kappa shape index (κ3) is 3.67. The Labute approximate surface area is 59.8 Å². The second kappa shape index (κ2) is 4.57. The van der Waals surface area contributed by atoms with Gasteiger partial charge in [-0.2, -0.15) is 0 Å². The highest BCUT2D eigenvalue weighted by Crippen LogP contribution is 1.94. The van der Waals surface area contributed by atoms with E-state index in [1.165, 1.54) is 6.92 Å². The fraction of sp³-hybridized carbons (Fsp3) is 0.429. The van der Waals surface area contributed by atoms with Gasteiger partial charge in [0.1, 0.15) is 0 Å². The Morgan fingerprint density at radius 1 is 1.80 bits per heavy atom. The van der Waals surface area contributed by atoms with Crippen LogP contribution in [-0.2, 0) is 4.79 Å². The second-order valence-corrected chi connectivity index (χ2v) is 1.86. The summed E-state index contributed by atoms with van der Waals surface area (Å²) < 4.78 is 0. The van der Waals surface area contributed by atoms with Crippen LogP contribution in [0.5, 0.6) is 0 Å². The SMILES string of the molecule is [C-]#[N+]CC/C=C(\C)C(=O)O. The standard InChI is InChI=1S/C7H9NO2/c1-6(7(9)10)4-3-5-8-2/h4H,3,5H2,1H3,(H,9,10)/b6-4+. The summed E-state index contributed by atoms with van der Waals surface area (Å²) in [6.45, 7) is 8.29. The van der Waals surface area contributed by atoms with Gasteiger partial charge in [-0.3, -0.25) is 0 Å². The fourth-order valence-electron chi connectivity index (χ4n) is 0.433. The summed E-state index contributed by atoms with van der Waals surface area (Å²) in [5.74, 6) is -0.912. The lowest BCUT2D eigenvalue weighted by molar-refractivity contribution is -0.132. The number of carboxylic acid groups (broad SMARTS) is 1. The largest absolute Gasteiger partial charge is 0.478 e. The van der Waals surface area contributed by atoms with Crippen LogP contribution in [0.4, 0.5) is 0 Å². The van der Waals surface area contributed by atoms with E-state index in [1.807, 2.05) is 0 Å². The van der Waals surface area contributed by atoms with E-state index >= 15 is 0 Å². The fourth-order valence-corrected chi connectivity index (χ4v) is 0.433. The van der Waals surface area contributed by atoms with Gasteiger partial charge in [-0.15, -0.1) is 0 Å². The molecule has 0 aliphatic heterocycles. The van der Waals surface area contributed by atoms with Crippen molar-refractivity contribution in [1.29, 1.82) is 0 Å². The molecule has 0 aromatic carbocycles. The molecular weight excluding hydrogens is 130 g/mol. The Hall–Kier alpha value is -1.30. The number of aliphatic carboxylic acids is 1. The van der Waals surface area contributed by atoms with Crippen LogP contribution in [0.1, 0.15) is 13.3 Å². The molecule has 10 heavy (non-hydrogen) atoms. The molecule has 0 spiro atoms. The summed E-state index contributed by atoms with van der Waals surface area (Å²) in [5.41, 5.74) is 0.309. The van der Waals surface area contributed by atoms with Crippen LogP contribution < -0.4 is 0 Å². The normalized spacial score (nSPS) is 10.6. The Balaban J connectivity index is 3.72. The van der Waals surface area contributed by atoms with Crippen molar-refractivity contribution < 1.29 is 9.90 Å². The van der Waals surface area contributed by atoms with Crippen LogP contribution in [0.15, 0.2) is 11.6 Å². The predicted molar refractivity (Wildman–Crippen MR) is 37.5 cm³/mol. The highest BCUT2D eigenvalue weighted by Gasteiger charge is 1.97. The topological polar surface area (TPSA) is 41.7 Å². The maximum Gasteiger partial charge on any atom is 0.330 e. The van der Waals surface area contributed by atoms with E-state index in [-0.39, 0.29) is 0 Å². The van der Waals surface area contributed by atoms with E-state index in [9.17, 15) is 4.79 Å². The predicted octanol–water partition coefficient (Wildman–Crippen LogP) is 1.33. The van der Waals surface area contributed by atoms with E-state index in [4.69, 9.17) is 11.7 Å². The van der Waals surface area contributed by atoms with Crippen molar-refractivity contribution in [1.82, 2.24) is 0 Å². The zero-order valence-electron chi connectivity index (χ0n) is 5.79. The lowest BCUT2D eigenvalue weighted by Crippen LogP contribution is -1.95.